The molecule has 2 heteroatoms. The van der Waals surface area contributed by atoms with Crippen molar-refractivity contribution in [2.24, 2.45) is 5.92 Å². The predicted octanol–water partition coefficient (Wildman–Crippen LogP) is 2.02. The second kappa shape index (κ2) is 4.63. The van der Waals surface area contributed by atoms with Crippen LogP contribution in [0.2, 0.25) is 0 Å². The molecule has 3 unspecified atom stereocenters. The molecule has 1 N–H and O–H groups in total. The van der Waals surface area contributed by atoms with Crippen LogP contribution in [0.4, 0.5) is 0 Å². The Hall–Kier alpha value is -0.0800. The number of nitrogens with zero attached hydrogens (tertiary/aromatic N) is 1. The van der Waals surface area contributed by atoms with Crippen LogP contribution in [0.1, 0.15) is 45.4 Å². The van der Waals surface area contributed by atoms with Crippen LogP contribution in [0.3, 0.4) is 0 Å². The van der Waals surface area contributed by atoms with E-state index in [1.54, 1.807) is 0 Å². The Balaban J connectivity index is 1.92. The smallest absolute Gasteiger partial charge is 0.0695 e. The Labute approximate surface area is 87.3 Å². The Bertz CT molecular complexity index is 177. The van der Waals surface area contributed by atoms with E-state index in [1.807, 2.05) is 0 Å². The average Bonchev–Trinajstić information content (AvgIpc) is 2.23. The Morgan fingerprint density at radius 3 is 2.50 bits per heavy atom. The lowest BCUT2D eigenvalue weighted by atomic mass is 9.83. The summed E-state index contributed by atoms with van der Waals surface area (Å²) in [5.41, 5.74) is 0. The topological polar surface area (TPSA) is 23.5 Å². The van der Waals surface area contributed by atoms with Crippen LogP contribution >= 0.6 is 0 Å². The third-order valence-corrected chi connectivity index (χ3v) is 3.90. The Kier molecular flexibility index (Phi) is 3.45. The highest BCUT2D eigenvalue weighted by atomic mass is 16.3. The zero-order valence-corrected chi connectivity index (χ0v) is 9.28. The maximum Gasteiger partial charge on any atom is 0.0695 e. The number of hydrogen-bond donors (Lipinski definition) is 1. The maximum absolute atomic E-state index is 10.00. The van der Waals surface area contributed by atoms with Crippen molar-refractivity contribution in [2.75, 3.05) is 13.1 Å². The van der Waals surface area contributed by atoms with Crippen molar-refractivity contribution in [3.8, 4) is 0 Å². The van der Waals surface area contributed by atoms with Gasteiger partial charge < -0.3 is 5.11 Å². The van der Waals surface area contributed by atoms with Crippen molar-refractivity contribution in [3.63, 3.8) is 0 Å². The first-order chi connectivity index (χ1) is 6.77. The van der Waals surface area contributed by atoms with Crippen molar-refractivity contribution < 1.29 is 5.11 Å². The minimum atomic E-state index is -0.0516. The molecule has 0 aromatic rings. The van der Waals surface area contributed by atoms with Gasteiger partial charge >= 0.3 is 0 Å². The zero-order chi connectivity index (χ0) is 9.97. The molecule has 0 spiro atoms. The van der Waals surface area contributed by atoms with E-state index < -0.39 is 0 Å². The number of hydrogen-bond acceptors (Lipinski definition) is 2. The summed E-state index contributed by atoms with van der Waals surface area (Å²) in [6, 6.07) is 0.471. The van der Waals surface area contributed by atoms with E-state index >= 15 is 0 Å². The van der Waals surface area contributed by atoms with Gasteiger partial charge in [-0.3, -0.25) is 4.90 Å². The van der Waals surface area contributed by atoms with E-state index in [1.165, 1.54) is 45.2 Å². The number of aliphatic hydroxyl groups excluding tert-OH is 1. The van der Waals surface area contributed by atoms with Gasteiger partial charge in [0.1, 0.15) is 0 Å². The molecular formula is C12H23NO. The van der Waals surface area contributed by atoms with E-state index in [-0.39, 0.29) is 6.10 Å². The summed E-state index contributed by atoms with van der Waals surface area (Å²) in [5, 5.41) is 10.00. The molecule has 3 atom stereocenters. The molecule has 2 fully saturated rings. The van der Waals surface area contributed by atoms with Crippen LogP contribution in [0.5, 0.6) is 0 Å². The summed E-state index contributed by atoms with van der Waals surface area (Å²) in [6.45, 7) is 4.76. The molecule has 82 valence electrons. The van der Waals surface area contributed by atoms with Crippen LogP contribution in [-0.2, 0) is 0 Å². The Morgan fingerprint density at radius 2 is 1.79 bits per heavy atom. The normalized spacial score (nSPS) is 41.1. The molecule has 0 radical (unpaired) electrons. The number of piperidine rings is 1. The number of rotatable bonds is 1. The molecular weight excluding hydrogens is 174 g/mol. The summed E-state index contributed by atoms with van der Waals surface area (Å²) >= 11 is 0. The molecule has 0 amide bonds. The van der Waals surface area contributed by atoms with E-state index in [0.29, 0.717) is 6.04 Å². The molecule has 0 bridgehead atoms. The summed E-state index contributed by atoms with van der Waals surface area (Å²) in [4.78, 5) is 2.53. The molecule has 1 saturated heterocycles. The van der Waals surface area contributed by atoms with Gasteiger partial charge in [-0.2, -0.15) is 0 Å². The first-order valence-corrected chi connectivity index (χ1v) is 6.19. The largest absolute Gasteiger partial charge is 0.391 e. The predicted molar refractivity (Wildman–Crippen MR) is 58.2 cm³/mol. The molecule has 2 aliphatic rings. The molecule has 1 saturated carbocycles. The SMILES string of the molecule is CC1CCC(O)C(N2CCCCC2)C1. The van der Waals surface area contributed by atoms with E-state index in [9.17, 15) is 5.11 Å². The molecule has 2 nitrogen and oxygen atoms in total. The minimum Gasteiger partial charge on any atom is -0.391 e. The highest BCUT2D eigenvalue weighted by Gasteiger charge is 2.31. The summed E-state index contributed by atoms with van der Waals surface area (Å²) in [6.07, 6.45) is 7.43. The first-order valence-electron chi connectivity index (χ1n) is 6.19. The van der Waals surface area contributed by atoms with Gasteiger partial charge in [0.2, 0.25) is 0 Å². The highest BCUT2D eigenvalue weighted by Crippen LogP contribution is 2.29. The number of aliphatic hydroxyl groups is 1. The standard InChI is InChI=1S/C12H23NO/c1-10-5-6-12(14)11(9-10)13-7-3-2-4-8-13/h10-12,14H,2-9H2,1H3. The van der Waals surface area contributed by atoms with Crippen molar-refractivity contribution >= 4 is 0 Å². The second-order valence-electron chi connectivity index (χ2n) is 5.15. The number of likely N-dealkylation sites (tertiary alicyclic amines) is 1. The van der Waals surface area contributed by atoms with Gasteiger partial charge in [-0.05, 0) is 51.1 Å². The van der Waals surface area contributed by atoms with Crippen LogP contribution in [0.15, 0.2) is 0 Å². The lowest BCUT2D eigenvalue weighted by molar-refractivity contribution is -0.00203. The third-order valence-electron chi connectivity index (χ3n) is 3.90. The van der Waals surface area contributed by atoms with Crippen LogP contribution in [-0.4, -0.2) is 35.2 Å². The minimum absolute atomic E-state index is 0.0516. The van der Waals surface area contributed by atoms with Gasteiger partial charge in [-0.25, -0.2) is 0 Å². The molecule has 1 aliphatic heterocycles. The van der Waals surface area contributed by atoms with Gasteiger partial charge in [0.05, 0.1) is 6.10 Å². The fraction of sp³-hybridized carbons (Fsp3) is 1.00. The molecule has 1 heterocycles. The molecule has 14 heavy (non-hydrogen) atoms. The highest BCUT2D eigenvalue weighted by molar-refractivity contribution is 4.86. The molecule has 1 aliphatic carbocycles. The van der Waals surface area contributed by atoms with Gasteiger partial charge in [-0.15, -0.1) is 0 Å². The van der Waals surface area contributed by atoms with Gasteiger partial charge in [0, 0.05) is 6.04 Å². The van der Waals surface area contributed by atoms with Gasteiger partial charge in [-0.1, -0.05) is 13.3 Å². The second-order valence-corrected chi connectivity index (χ2v) is 5.15. The van der Waals surface area contributed by atoms with E-state index in [2.05, 4.69) is 11.8 Å². The summed E-state index contributed by atoms with van der Waals surface area (Å²) in [5.74, 6) is 0.810. The third kappa shape index (κ3) is 2.29. The quantitative estimate of drug-likeness (QED) is 0.695. The lowest BCUT2D eigenvalue weighted by Crippen LogP contribution is -2.48. The van der Waals surface area contributed by atoms with Crippen molar-refractivity contribution in [2.45, 2.75) is 57.6 Å². The summed E-state index contributed by atoms with van der Waals surface area (Å²) < 4.78 is 0. The lowest BCUT2D eigenvalue weighted by Gasteiger charge is -2.41. The van der Waals surface area contributed by atoms with E-state index in [4.69, 9.17) is 0 Å². The molecule has 0 aromatic carbocycles. The van der Waals surface area contributed by atoms with Crippen LogP contribution < -0.4 is 0 Å². The van der Waals surface area contributed by atoms with Crippen molar-refractivity contribution in [1.29, 1.82) is 0 Å². The van der Waals surface area contributed by atoms with Gasteiger partial charge in [0.15, 0.2) is 0 Å². The molecule has 2 rings (SSSR count). The zero-order valence-electron chi connectivity index (χ0n) is 9.28. The van der Waals surface area contributed by atoms with Crippen molar-refractivity contribution in [3.05, 3.63) is 0 Å². The monoisotopic (exact) mass is 197 g/mol. The first kappa shape index (κ1) is 10.4. The maximum atomic E-state index is 10.00. The van der Waals surface area contributed by atoms with Crippen molar-refractivity contribution in [1.82, 2.24) is 4.90 Å². The Morgan fingerprint density at radius 1 is 1.07 bits per heavy atom. The summed E-state index contributed by atoms with van der Waals surface area (Å²) in [7, 11) is 0. The van der Waals surface area contributed by atoms with Crippen LogP contribution in [0, 0.1) is 5.92 Å². The van der Waals surface area contributed by atoms with Crippen LogP contribution in [0.25, 0.3) is 0 Å². The fourth-order valence-corrected chi connectivity index (χ4v) is 2.98. The fourth-order valence-electron chi connectivity index (χ4n) is 2.98. The van der Waals surface area contributed by atoms with E-state index in [0.717, 1.165) is 12.3 Å². The van der Waals surface area contributed by atoms with Gasteiger partial charge in [0.25, 0.3) is 0 Å². The molecule has 0 aromatic heterocycles. The average molecular weight is 197 g/mol.